The van der Waals surface area contributed by atoms with Crippen LogP contribution >= 0.6 is 0 Å². The molecule has 5 nitrogen and oxygen atoms in total. The molecule has 2 amide bonds. The standard InChI is InChI=1S/C14H21N3O2/c1-10(8-16-2)14(19)17(3)9-11-4-6-12(7-5-11)13(15)18/h4-7,10,16H,8-9H2,1-3H3,(H2,15,18). The number of carbonyl (C=O) groups is 2. The molecule has 0 aliphatic carbocycles. The summed E-state index contributed by atoms with van der Waals surface area (Å²) in [5, 5.41) is 2.99. The molecule has 5 heteroatoms. The highest BCUT2D eigenvalue weighted by Gasteiger charge is 2.16. The molecule has 0 bridgehead atoms. The molecule has 0 radical (unpaired) electrons. The highest BCUT2D eigenvalue weighted by molar-refractivity contribution is 5.92. The topological polar surface area (TPSA) is 75.4 Å². The van der Waals surface area contributed by atoms with Crippen molar-refractivity contribution in [3.63, 3.8) is 0 Å². The zero-order valence-electron chi connectivity index (χ0n) is 11.6. The Bertz CT molecular complexity index is 443. The second-order valence-corrected chi connectivity index (χ2v) is 4.71. The average molecular weight is 263 g/mol. The molecule has 19 heavy (non-hydrogen) atoms. The molecule has 0 saturated heterocycles. The van der Waals surface area contributed by atoms with E-state index in [1.807, 2.05) is 26.1 Å². The third-order valence-corrected chi connectivity index (χ3v) is 2.97. The molecule has 0 fully saturated rings. The van der Waals surface area contributed by atoms with Crippen LogP contribution in [0.15, 0.2) is 24.3 Å². The van der Waals surface area contributed by atoms with Crippen molar-refractivity contribution in [2.45, 2.75) is 13.5 Å². The van der Waals surface area contributed by atoms with Gasteiger partial charge in [-0.25, -0.2) is 0 Å². The van der Waals surface area contributed by atoms with Crippen LogP contribution in [0.2, 0.25) is 0 Å². The molecule has 0 spiro atoms. The molecule has 0 heterocycles. The predicted octanol–water partition coefficient (Wildman–Crippen LogP) is 0.599. The monoisotopic (exact) mass is 263 g/mol. The van der Waals surface area contributed by atoms with Crippen molar-refractivity contribution in [1.82, 2.24) is 10.2 Å². The molecule has 1 aromatic carbocycles. The first-order chi connectivity index (χ1) is 8.95. The van der Waals surface area contributed by atoms with E-state index in [0.717, 1.165) is 5.56 Å². The molecule has 1 rings (SSSR count). The van der Waals surface area contributed by atoms with Crippen molar-refractivity contribution < 1.29 is 9.59 Å². The third kappa shape index (κ3) is 4.37. The molecular weight excluding hydrogens is 242 g/mol. The van der Waals surface area contributed by atoms with Crippen LogP contribution in [0.3, 0.4) is 0 Å². The van der Waals surface area contributed by atoms with Crippen LogP contribution < -0.4 is 11.1 Å². The number of nitrogens with two attached hydrogens (primary N) is 1. The van der Waals surface area contributed by atoms with Crippen molar-refractivity contribution in [2.75, 3.05) is 20.6 Å². The number of hydrogen-bond acceptors (Lipinski definition) is 3. The number of benzene rings is 1. The SMILES string of the molecule is CNCC(C)C(=O)N(C)Cc1ccc(C(N)=O)cc1. The smallest absolute Gasteiger partial charge is 0.248 e. The molecule has 3 N–H and O–H groups in total. The minimum absolute atomic E-state index is 0.0557. The van der Waals surface area contributed by atoms with Gasteiger partial charge in [-0.05, 0) is 24.7 Å². The van der Waals surface area contributed by atoms with Gasteiger partial charge < -0.3 is 16.0 Å². The Labute approximate surface area is 113 Å². The van der Waals surface area contributed by atoms with E-state index in [-0.39, 0.29) is 11.8 Å². The van der Waals surface area contributed by atoms with E-state index < -0.39 is 5.91 Å². The summed E-state index contributed by atoms with van der Waals surface area (Å²) in [6.45, 7) is 3.07. The van der Waals surface area contributed by atoms with Gasteiger partial charge in [-0.1, -0.05) is 19.1 Å². The summed E-state index contributed by atoms with van der Waals surface area (Å²) in [7, 11) is 3.60. The van der Waals surface area contributed by atoms with Crippen LogP contribution in [-0.2, 0) is 11.3 Å². The zero-order chi connectivity index (χ0) is 14.4. The lowest BCUT2D eigenvalue weighted by atomic mass is 10.1. The van der Waals surface area contributed by atoms with Crippen LogP contribution in [0.4, 0.5) is 0 Å². The summed E-state index contributed by atoms with van der Waals surface area (Å²) >= 11 is 0. The molecule has 1 unspecified atom stereocenters. The van der Waals surface area contributed by atoms with Crippen molar-refractivity contribution in [3.05, 3.63) is 35.4 Å². The van der Waals surface area contributed by atoms with E-state index in [4.69, 9.17) is 5.73 Å². The Balaban J connectivity index is 2.63. The van der Waals surface area contributed by atoms with Crippen molar-refractivity contribution in [3.8, 4) is 0 Å². The Hall–Kier alpha value is -1.88. The first kappa shape index (κ1) is 15.2. The molecule has 0 saturated carbocycles. The van der Waals surface area contributed by atoms with Crippen molar-refractivity contribution in [1.29, 1.82) is 0 Å². The Morgan fingerprint density at radius 1 is 1.32 bits per heavy atom. The zero-order valence-corrected chi connectivity index (χ0v) is 11.6. The van der Waals surface area contributed by atoms with E-state index >= 15 is 0 Å². The summed E-state index contributed by atoms with van der Waals surface area (Å²) in [5.41, 5.74) is 6.62. The maximum atomic E-state index is 12.0. The minimum Gasteiger partial charge on any atom is -0.366 e. The van der Waals surface area contributed by atoms with E-state index in [1.165, 1.54) is 0 Å². The molecular formula is C14H21N3O2. The molecule has 1 aromatic rings. The lowest BCUT2D eigenvalue weighted by Gasteiger charge is -2.21. The third-order valence-electron chi connectivity index (χ3n) is 2.97. The van der Waals surface area contributed by atoms with E-state index in [9.17, 15) is 9.59 Å². The Kier molecular flexibility index (Phi) is 5.51. The highest BCUT2D eigenvalue weighted by atomic mass is 16.2. The molecule has 0 aromatic heterocycles. The van der Waals surface area contributed by atoms with Gasteiger partial charge >= 0.3 is 0 Å². The summed E-state index contributed by atoms with van der Waals surface area (Å²) < 4.78 is 0. The quantitative estimate of drug-likeness (QED) is 0.789. The predicted molar refractivity (Wildman–Crippen MR) is 74.5 cm³/mol. The highest BCUT2D eigenvalue weighted by Crippen LogP contribution is 2.09. The lowest BCUT2D eigenvalue weighted by Crippen LogP contribution is -2.35. The normalized spacial score (nSPS) is 11.9. The number of primary amides is 1. The molecule has 0 aliphatic rings. The second kappa shape index (κ2) is 6.89. The number of rotatable bonds is 6. The summed E-state index contributed by atoms with van der Waals surface area (Å²) in [5.74, 6) is -0.410. The van der Waals surface area contributed by atoms with E-state index in [1.54, 1.807) is 24.1 Å². The van der Waals surface area contributed by atoms with Gasteiger partial charge in [-0.2, -0.15) is 0 Å². The van der Waals surface area contributed by atoms with E-state index in [2.05, 4.69) is 5.32 Å². The average Bonchev–Trinajstić information content (AvgIpc) is 2.38. The Morgan fingerprint density at radius 2 is 1.89 bits per heavy atom. The van der Waals surface area contributed by atoms with Gasteiger partial charge in [0.15, 0.2) is 0 Å². The number of nitrogens with one attached hydrogen (secondary N) is 1. The number of nitrogens with zero attached hydrogens (tertiary/aromatic N) is 1. The summed E-state index contributed by atoms with van der Waals surface area (Å²) in [6, 6.07) is 6.97. The van der Waals surface area contributed by atoms with Gasteiger partial charge in [0.1, 0.15) is 0 Å². The maximum Gasteiger partial charge on any atom is 0.248 e. The van der Waals surface area contributed by atoms with E-state index in [0.29, 0.717) is 18.7 Å². The van der Waals surface area contributed by atoms with Crippen LogP contribution in [0.25, 0.3) is 0 Å². The first-order valence-electron chi connectivity index (χ1n) is 6.24. The van der Waals surface area contributed by atoms with Gasteiger partial charge in [0.25, 0.3) is 0 Å². The summed E-state index contributed by atoms with van der Waals surface area (Å²) in [6.07, 6.45) is 0. The lowest BCUT2D eigenvalue weighted by molar-refractivity contribution is -0.134. The molecule has 1 atom stereocenters. The number of amides is 2. The fourth-order valence-corrected chi connectivity index (χ4v) is 1.90. The second-order valence-electron chi connectivity index (χ2n) is 4.71. The van der Waals surface area contributed by atoms with Crippen molar-refractivity contribution >= 4 is 11.8 Å². The maximum absolute atomic E-state index is 12.0. The fourth-order valence-electron chi connectivity index (χ4n) is 1.90. The van der Waals surface area contributed by atoms with Crippen molar-refractivity contribution in [2.24, 2.45) is 11.7 Å². The van der Waals surface area contributed by atoms with Gasteiger partial charge in [0, 0.05) is 31.6 Å². The van der Waals surface area contributed by atoms with Gasteiger partial charge in [0.2, 0.25) is 11.8 Å². The van der Waals surface area contributed by atoms with Crippen LogP contribution in [0.1, 0.15) is 22.8 Å². The fraction of sp³-hybridized carbons (Fsp3) is 0.429. The number of hydrogen-bond donors (Lipinski definition) is 2. The molecule has 0 aliphatic heterocycles. The largest absolute Gasteiger partial charge is 0.366 e. The first-order valence-corrected chi connectivity index (χ1v) is 6.24. The van der Waals surface area contributed by atoms with Gasteiger partial charge in [-0.15, -0.1) is 0 Å². The van der Waals surface area contributed by atoms with Gasteiger partial charge in [-0.3, -0.25) is 9.59 Å². The minimum atomic E-state index is -0.446. The number of carbonyl (C=O) groups excluding carboxylic acids is 2. The summed E-state index contributed by atoms with van der Waals surface area (Å²) in [4.78, 5) is 24.7. The van der Waals surface area contributed by atoms with Crippen LogP contribution in [0.5, 0.6) is 0 Å². The van der Waals surface area contributed by atoms with Crippen LogP contribution in [0, 0.1) is 5.92 Å². The van der Waals surface area contributed by atoms with Crippen LogP contribution in [-0.4, -0.2) is 37.4 Å². The Morgan fingerprint density at radius 3 is 2.37 bits per heavy atom. The van der Waals surface area contributed by atoms with Gasteiger partial charge in [0.05, 0.1) is 0 Å². The molecule has 104 valence electrons.